The number of rotatable bonds is 10. The summed E-state index contributed by atoms with van der Waals surface area (Å²) in [6.07, 6.45) is 0.271. The van der Waals surface area contributed by atoms with E-state index < -0.39 is 29.2 Å². The SMILES string of the molecule is CO/N=C(\C(=O)N[C@@H]1C(=O)N2C(C(=O)O)=C(Cc3cccc(N(C(=O)CS)C(C)C)c3)CS[C@H]12)c1csc(N)n1. The Hall–Kier alpha value is -3.56. The highest BCUT2D eigenvalue weighted by atomic mass is 32.2. The van der Waals surface area contributed by atoms with E-state index in [4.69, 9.17) is 10.6 Å². The molecule has 0 bridgehead atoms. The molecule has 1 fully saturated rings. The van der Waals surface area contributed by atoms with Gasteiger partial charge in [0.2, 0.25) is 5.91 Å². The van der Waals surface area contributed by atoms with Crippen LogP contribution in [0, 0.1) is 0 Å². The number of benzene rings is 1. The number of thiol groups is 1. The van der Waals surface area contributed by atoms with E-state index in [1.807, 2.05) is 32.0 Å². The molecule has 3 heterocycles. The van der Waals surface area contributed by atoms with Crippen LogP contribution < -0.4 is 16.0 Å². The van der Waals surface area contributed by atoms with Crippen LogP contribution in [0.1, 0.15) is 25.1 Å². The van der Waals surface area contributed by atoms with Crippen molar-refractivity contribution < 1.29 is 29.1 Å². The van der Waals surface area contributed by atoms with Gasteiger partial charge in [-0.05, 0) is 43.5 Å². The minimum Gasteiger partial charge on any atom is -0.477 e. The van der Waals surface area contributed by atoms with Gasteiger partial charge in [0.05, 0.1) is 5.75 Å². The molecule has 2 atom stereocenters. The van der Waals surface area contributed by atoms with Crippen LogP contribution in [-0.2, 0) is 30.4 Å². The number of hydrogen-bond donors (Lipinski definition) is 4. The Bertz CT molecular complexity index is 1410. The Kier molecular flexibility index (Phi) is 9.05. The quantitative estimate of drug-likeness (QED) is 0.137. The minimum absolute atomic E-state index is 0.0557. The zero-order valence-corrected chi connectivity index (χ0v) is 24.4. The maximum Gasteiger partial charge on any atom is 0.352 e. The maximum atomic E-state index is 13.1. The van der Waals surface area contributed by atoms with Gasteiger partial charge in [-0.3, -0.25) is 19.3 Å². The van der Waals surface area contributed by atoms with Gasteiger partial charge in [0.1, 0.15) is 29.9 Å². The highest BCUT2D eigenvalue weighted by Gasteiger charge is 2.54. The number of oxime groups is 1. The number of hydrogen-bond acceptors (Lipinski definition) is 11. The van der Waals surface area contributed by atoms with Crippen molar-refractivity contribution in [2.24, 2.45) is 5.16 Å². The fraction of sp³-hybridized carbons (Fsp3) is 0.360. The Morgan fingerprint density at radius 1 is 1.38 bits per heavy atom. The lowest BCUT2D eigenvalue weighted by molar-refractivity contribution is -0.150. The molecule has 212 valence electrons. The Balaban J connectivity index is 1.55. The van der Waals surface area contributed by atoms with Crippen molar-refractivity contribution in [3.8, 4) is 0 Å². The van der Waals surface area contributed by atoms with Crippen LogP contribution in [0.3, 0.4) is 0 Å². The van der Waals surface area contributed by atoms with E-state index in [2.05, 4.69) is 28.1 Å². The molecule has 0 saturated carbocycles. The second kappa shape index (κ2) is 12.3. The lowest BCUT2D eigenvalue weighted by atomic mass is 9.98. The number of nitrogens with one attached hydrogen (secondary N) is 1. The third-order valence-electron chi connectivity index (χ3n) is 6.23. The lowest BCUT2D eigenvalue weighted by Gasteiger charge is -2.49. The largest absolute Gasteiger partial charge is 0.477 e. The molecule has 0 unspecified atom stereocenters. The first-order valence-corrected chi connectivity index (χ1v) is 14.7. The van der Waals surface area contributed by atoms with Crippen LogP contribution in [0.25, 0.3) is 0 Å². The van der Waals surface area contributed by atoms with E-state index in [0.29, 0.717) is 17.0 Å². The number of anilines is 2. The van der Waals surface area contributed by atoms with E-state index in [0.717, 1.165) is 16.9 Å². The minimum atomic E-state index is -1.23. The predicted molar refractivity (Wildman–Crippen MR) is 156 cm³/mol. The number of nitrogens with zero attached hydrogens (tertiary/aromatic N) is 4. The molecule has 3 amide bonds. The van der Waals surface area contributed by atoms with E-state index in [-0.39, 0.29) is 46.4 Å². The molecule has 2 aromatic rings. The van der Waals surface area contributed by atoms with Gasteiger partial charge in [0, 0.05) is 22.9 Å². The fourth-order valence-corrected chi connectivity index (χ4v) is 6.64. The van der Waals surface area contributed by atoms with Crippen LogP contribution in [0.2, 0.25) is 0 Å². The Morgan fingerprint density at radius 2 is 2.12 bits per heavy atom. The summed E-state index contributed by atoms with van der Waals surface area (Å²) in [6.45, 7) is 3.80. The van der Waals surface area contributed by atoms with E-state index >= 15 is 0 Å². The number of thioether (sulfide) groups is 1. The number of carbonyl (C=O) groups excluding carboxylic acids is 3. The first-order chi connectivity index (χ1) is 19.1. The molecule has 0 radical (unpaired) electrons. The molecule has 1 saturated heterocycles. The molecule has 0 spiro atoms. The molecular weight excluding hydrogens is 577 g/mol. The van der Waals surface area contributed by atoms with Crippen molar-refractivity contribution in [1.82, 2.24) is 15.2 Å². The van der Waals surface area contributed by atoms with Gasteiger partial charge in [-0.25, -0.2) is 9.78 Å². The van der Waals surface area contributed by atoms with Gasteiger partial charge in [-0.1, -0.05) is 17.3 Å². The molecule has 15 heteroatoms. The number of carbonyl (C=O) groups is 4. The number of fused-ring (bicyclic) bond motifs is 1. The van der Waals surface area contributed by atoms with Crippen LogP contribution >= 0.6 is 35.7 Å². The first-order valence-electron chi connectivity index (χ1n) is 12.1. The van der Waals surface area contributed by atoms with Crippen molar-refractivity contribution in [2.75, 3.05) is 29.2 Å². The van der Waals surface area contributed by atoms with Crippen molar-refractivity contribution in [3.05, 3.63) is 52.2 Å². The molecule has 12 nitrogen and oxygen atoms in total. The molecule has 4 rings (SSSR count). The number of thiazole rings is 1. The average Bonchev–Trinajstić information content (AvgIpc) is 3.35. The third-order valence-corrected chi connectivity index (χ3v) is 8.51. The Labute approximate surface area is 244 Å². The predicted octanol–water partition coefficient (Wildman–Crippen LogP) is 1.73. The number of nitrogens with two attached hydrogens (primary N) is 1. The fourth-order valence-electron chi connectivity index (χ4n) is 4.59. The zero-order chi connectivity index (χ0) is 29.1. The normalized spacial score (nSPS) is 18.8. The first kappa shape index (κ1) is 29.4. The number of aromatic nitrogens is 1. The lowest BCUT2D eigenvalue weighted by Crippen LogP contribution is -2.71. The average molecular weight is 605 g/mol. The van der Waals surface area contributed by atoms with Crippen molar-refractivity contribution >= 4 is 75.9 Å². The molecule has 4 N–H and O–H groups in total. The van der Waals surface area contributed by atoms with Crippen LogP contribution in [0.5, 0.6) is 0 Å². The number of nitrogen functional groups attached to an aromatic ring is 1. The summed E-state index contributed by atoms with van der Waals surface area (Å²) >= 11 is 6.59. The van der Waals surface area contributed by atoms with E-state index in [1.165, 1.54) is 29.2 Å². The summed E-state index contributed by atoms with van der Waals surface area (Å²) < 4.78 is 0. The van der Waals surface area contributed by atoms with E-state index in [1.54, 1.807) is 11.0 Å². The molecule has 2 aliphatic rings. The van der Waals surface area contributed by atoms with Crippen LogP contribution in [-0.4, -0.2) is 80.5 Å². The summed E-state index contributed by atoms with van der Waals surface area (Å²) in [7, 11) is 1.27. The Morgan fingerprint density at radius 3 is 2.73 bits per heavy atom. The van der Waals surface area contributed by atoms with Gasteiger partial charge >= 0.3 is 5.97 Å². The molecule has 40 heavy (non-hydrogen) atoms. The van der Waals surface area contributed by atoms with Gasteiger partial charge in [0.15, 0.2) is 10.8 Å². The molecule has 1 aromatic carbocycles. The molecular formula is C25H28N6O6S3. The van der Waals surface area contributed by atoms with Gasteiger partial charge in [0.25, 0.3) is 11.8 Å². The van der Waals surface area contributed by atoms with Crippen molar-refractivity contribution in [1.29, 1.82) is 0 Å². The summed E-state index contributed by atoms with van der Waals surface area (Å²) in [5.41, 5.74) is 7.65. The number of β-lactam (4-membered cyclic amide) rings is 1. The topological polar surface area (TPSA) is 168 Å². The monoisotopic (exact) mass is 604 g/mol. The summed E-state index contributed by atoms with van der Waals surface area (Å²) in [4.78, 5) is 62.5. The second-order valence-electron chi connectivity index (χ2n) is 9.17. The highest BCUT2D eigenvalue weighted by Crippen LogP contribution is 2.41. The van der Waals surface area contributed by atoms with Crippen molar-refractivity contribution in [2.45, 2.75) is 37.7 Å². The van der Waals surface area contributed by atoms with Crippen LogP contribution in [0.15, 0.2) is 46.1 Å². The molecule has 1 aromatic heterocycles. The molecule has 2 aliphatic heterocycles. The standard InChI is InChI=1S/C25H28N6O6S3/c1-12(2)30(17(32)9-38)15-6-4-5-13(8-15)7-14-10-39-23-19(22(34)31(23)20(14)24(35)36)28-21(33)18(29-37-3)16-11-40-25(26)27-16/h4-6,8,11-12,19,23,38H,7,9-10H2,1-3H3,(H2,26,27)(H,28,33)(H,35,36)/b29-18-/t19-,23-/m1/s1. The summed E-state index contributed by atoms with van der Waals surface area (Å²) in [5, 5.41) is 17.6. The maximum absolute atomic E-state index is 13.1. The number of amides is 3. The number of carboxylic acids is 1. The van der Waals surface area contributed by atoms with Gasteiger partial charge in [-0.2, -0.15) is 12.6 Å². The van der Waals surface area contributed by atoms with Gasteiger partial charge < -0.3 is 25.9 Å². The smallest absolute Gasteiger partial charge is 0.352 e. The van der Waals surface area contributed by atoms with Crippen molar-refractivity contribution in [3.63, 3.8) is 0 Å². The molecule has 0 aliphatic carbocycles. The van der Waals surface area contributed by atoms with Gasteiger partial charge in [-0.15, -0.1) is 23.1 Å². The number of aliphatic carboxylic acids is 1. The zero-order valence-electron chi connectivity index (χ0n) is 21.9. The summed E-state index contributed by atoms with van der Waals surface area (Å²) in [5.74, 6) is -2.23. The number of carboxylic acid groups (broad SMARTS) is 1. The van der Waals surface area contributed by atoms with E-state index in [9.17, 15) is 24.3 Å². The third kappa shape index (κ3) is 5.81. The van der Waals surface area contributed by atoms with Crippen LogP contribution in [0.4, 0.5) is 10.8 Å². The summed E-state index contributed by atoms with van der Waals surface area (Å²) in [6, 6.07) is 6.26. The highest BCUT2D eigenvalue weighted by molar-refractivity contribution is 8.00. The second-order valence-corrected chi connectivity index (χ2v) is 11.5.